The molecule has 9 aromatic carbocycles. The van der Waals surface area contributed by atoms with E-state index in [9.17, 15) is 0 Å². The summed E-state index contributed by atoms with van der Waals surface area (Å²) in [6.07, 6.45) is 9.77. The molecule has 0 fully saturated rings. The fraction of sp³-hybridized carbons (Fsp3) is 0.227. The van der Waals surface area contributed by atoms with Crippen LogP contribution in [0.5, 0.6) is 0 Å². The summed E-state index contributed by atoms with van der Waals surface area (Å²) in [6, 6.07) is 77.9. The molecule has 2 aliphatic rings. The topological polar surface area (TPSA) is 3.24 Å². The lowest BCUT2D eigenvalue weighted by Crippen LogP contribution is -2.32. The van der Waals surface area contributed by atoms with Gasteiger partial charge in [0.05, 0.1) is 0 Å². The zero-order valence-corrected chi connectivity index (χ0v) is 45.3. The number of benzene rings is 9. The van der Waals surface area contributed by atoms with Crippen LogP contribution >= 0.6 is 0 Å². The molecule has 76 heavy (non-hydrogen) atoms. The molecular formula is C75H69N. The average Bonchev–Trinajstić information content (AvgIpc) is 4.01. The van der Waals surface area contributed by atoms with Gasteiger partial charge in [-0.2, -0.15) is 0 Å². The maximum atomic E-state index is 3.38. The minimum atomic E-state index is -0.219. The van der Waals surface area contributed by atoms with Gasteiger partial charge in [-0.3, -0.25) is 0 Å². The molecular weight excluding hydrogens is 915 g/mol. The van der Waals surface area contributed by atoms with Gasteiger partial charge in [-0.25, -0.2) is 0 Å². The summed E-state index contributed by atoms with van der Waals surface area (Å²) >= 11 is 0. The number of unbranched alkanes of at least 4 members (excludes halogenated alkanes) is 3. The molecule has 0 spiro atoms. The molecule has 1 nitrogen and oxygen atoms in total. The van der Waals surface area contributed by atoms with Crippen molar-refractivity contribution in [3.8, 4) is 57.1 Å². The van der Waals surface area contributed by atoms with Crippen molar-refractivity contribution in [1.29, 1.82) is 0 Å². The maximum Gasteiger partial charge on any atom is 0.0462 e. The molecule has 11 rings (SSSR count). The number of fused-ring (bicyclic) bond motifs is 3. The Hall–Kier alpha value is -8.10. The molecule has 374 valence electrons. The van der Waals surface area contributed by atoms with Crippen molar-refractivity contribution in [3.63, 3.8) is 0 Å². The summed E-state index contributed by atoms with van der Waals surface area (Å²) in [5.74, 6) is 13.3. The standard InChI is InChI=1S/C75H69N/c1-7-8-9-16-51-75-52-17-22-69-70(50-49-68(72(69)75)67-48-37-61(53-71(67)75)60-33-29-57(30-34-60)26-24-55-20-14-11-15-21-55)74(5,6)63-40-46-66(47-41-63)76(65-44-38-62(39-45-65)73(2,3)4)64-42-35-59(36-43-64)58-31-27-56(28-32-58)25-23-54-18-12-10-13-19-54/h10-15,18-21,27-50,53H,7-9,16-17,22,51-52H2,1-6H3/t75-/m1/s1. The zero-order chi connectivity index (χ0) is 52.3. The van der Waals surface area contributed by atoms with Crippen LogP contribution in [0.2, 0.25) is 0 Å². The van der Waals surface area contributed by atoms with Crippen LogP contribution in [0.15, 0.2) is 212 Å². The fourth-order valence-corrected chi connectivity index (χ4v) is 12.2. The van der Waals surface area contributed by atoms with Gasteiger partial charge in [0.25, 0.3) is 0 Å². The van der Waals surface area contributed by atoms with Crippen LogP contribution < -0.4 is 4.90 Å². The van der Waals surface area contributed by atoms with E-state index >= 15 is 0 Å². The van der Waals surface area contributed by atoms with E-state index in [1.54, 1.807) is 11.1 Å². The lowest BCUT2D eigenvalue weighted by Gasteiger charge is -2.40. The molecule has 0 aromatic heterocycles. The molecule has 2 aliphatic carbocycles. The number of hydrogen-bond acceptors (Lipinski definition) is 1. The minimum absolute atomic E-state index is 0.0122. The van der Waals surface area contributed by atoms with Gasteiger partial charge in [0.2, 0.25) is 0 Å². The first-order valence-corrected chi connectivity index (χ1v) is 27.8. The molecule has 9 aromatic rings. The van der Waals surface area contributed by atoms with Gasteiger partial charge in [-0.05, 0) is 189 Å². The van der Waals surface area contributed by atoms with E-state index in [0.717, 1.165) is 45.7 Å². The van der Waals surface area contributed by atoms with Crippen LogP contribution in [0.3, 0.4) is 0 Å². The zero-order valence-electron chi connectivity index (χ0n) is 45.3. The van der Waals surface area contributed by atoms with E-state index in [1.165, 1.54) is 101 Å². The minimum Gasteiger partial charge on any atom is -0.311 e. The predicted molar refractivity (Wildman–Crippen MR) is 322 cm³/mol. The molecule has 0 aliphatic heterocycles. The van der Waals surface area contributed by atoms with Crippen LogP contribution in [0.25, 0.3) is 33.4 Å². The van der Waals surface area contributed by atoms with Crippen LogP contribution in [0.4, 0.5) is 17.1 Å². The first-order valence-electron chi connectivity index (χ1n) is 27.8. The number of nitrogens with zero attached hydrogens (tertiary/aromatic N) is 1. The van der Waals surface area contributed by atoms with Crippen molar-refractivity contribution in [2.45, 2.75) is 109 Å². The fourth-order valence-electron chi connectivity index (χ4n) is 12.2. The third kappa shape index (κ3) is 10.1. The van der Waals surface area contributed by atoms with Crippen molar-refractivity contribution < 1.29 is 0 Å². The SMILES string of the molecule is CCCCCC[C@]12CCCc3c(C(C)(C)c4ccc(N(c5ccc(-c6ccc(C#Cc7ccccc7)cc6)cc5)c5ccc(C(C)(C)C)cc5)cc4)ccc(c31)-c1ccc(-c3ccc(C#Cc4ccccc4)cc3)cc12. The van der Waals surface area contributed by atoms with E-state index < -0.39 is 0 Å². The first kappa shape index (κ1) is 50.1. The summed E-state index contributed by atoms with van der Waals surface area (Å²) in [4.78, 5) is 2.40. The monoisotopic (exact) mass is 984 g/mol. The second-order valence-corrected chi connectivity index (χ2v) is 22.8. The predicted octanol–water partition coefficient (Wildman–Crippen LogP) is 19.5. The third-order valence-corrected chi connectivity index (χ3v) is 16.4. The summed E-state index contributed by atoms with van der Waals surface area (Å²) in [5.41, 5.74) is 24.0. The smallest absolute Gasteiger partial charge is 0.0462 e. The Morgan fingerprint density at radius 1 is 0.447 bits per heavy atom. The van der Waals surface area contributed by atoms with E-state index in [0.29, 0.717) is 0 Å². The van der Waals surface area contributed by atoms with Gasteiger partial charge < -0.3 is 4.90 Å². The molecule has 0 bridgehead atoms. The average molecular weight is 984 g/mol. The molecule has 0 amide bonds. The number of rotatable bonds is 12. The van der Waals surface area contributed by atoms with Crippen molar-refractivity contribution in [2.75, 3.05) is 4.90 Å². The summed E-state index contributed by atoms with van der Waals surface area (Å²) in [7, 11) is 0. The van der Waals surface area contributed by atoms with Gasteiger partial charge in [0.1, 0.15) is 0 Å². The second kappa shape index (κ2) is 21.3. The molecule has 0 unspecified atom stereocenters. The normalized spacial score (nSPS) is 14.4. The highest BCUT2D eigenvalue weighted by molar-refractivity contribution is 5.86. The lowest BCUT2D eigenvalue weighted by atomic mass is 9.63. The maximum absolute atomic E-state index is 3.38. The highest BCUT2D eigenvalue weighted by Crippen LogP contribution is 2.59. The molecule has 0 saturated heterocycles. The second-order valence-electron chi connectivity index (χ2n) is 22.8. The van der Waals surface area contributed by atoms with Crippen molar-refractivity contribution in [3.05, 3.63) is 268 Å². The molecule has 1 atom stereocenters. The van der Waals surface area contributed by atoms with E-state index in [1.807, 2.05) is 48.5 Å². The Morgan fingerprint density at radius 2 is 0.908 bits per heavy atom. The third-order valence-electron chi connectivity index (χ3n) is 16.4. The highest BCUT2D eigenvalue weighted by Gasteiger charge is 2.47. The number of hydrogen-bond donors (Lipinski definition) is 0. The molecule has 0 radical (unpaired) electrons. The van der Waals surface area contributed by atoms with Crippen molar-refractivity contribution >= 4 is 17.1 Å². The van der Waals surface area contributed by atoms with Crippen LogP contribution in [-0.2, 0) is 22.7 Å². The number of anilines is 3. The summed E-state index contributed by atoms with van der Waals surface area (Å²) in [5, 5.41) is 0. The molecule has 0 N–H and O–H groups in total. The first-order chi connectivity index (χ1) is 37.0. The molecule has 0 heterocycles. The van der Waals surface area contributed by atoms with Gasteiger partial charge in [0, 0.05) is 50.1 Å². The summed E-state index contributed by atoms with van der Waals surface area (Å²) in [6.45, 7) is 14.1. The largest absolute Gasteiger partial charge is 0.311 e. The Balaban J connectivity index is 0.905. The van der Waals surface area contributed by atoms with Gasteiger partial charge in [-0.15, -0.1) is 0 Å². The quantitative estimate of drug-likeness (QED) is 0.0871. The van der Waals surface area contributed by atoms with Crippen molar-refractivity contribution in [1.82, 2.24) is 0 Å². The van der Waals surface area contributed by atoms with E-state index in [2.05, 4.69) is 234 Å². The van der Waals surface area contributed by atoms with Gasteiger partial charge >= 0.3 is 0 Å². The van der Waals surface area contributed by atoms with E-state index in [4.69, 9.17) is 0 Å². The Kier molecular flexibility index (Phi) is 14.0. The van der Waals surface area contributed by atoms with Crippen LogP contribution in [0.1, 0.15) is 142 Å². The van der Waals surface area contributed by atoms with Crippen molar-refractivity contribution in [2.24, 2.45) is 0 Å². The van der Waals surface area contributed by atoms with Gasteiger partial charge in [-0.1, -0.05) is 212 Å². The Morgan fingerprint density at radius 3 is 1.43 bits per heavy atom. The lowest BCUT2D eigenvalue weighted by molar-refractivity contribution is 0.386. The molecule has 1 heteroatoms. The van der Waals surface area contributed by atoms with E-state index in [-0.39, 0.29) is 16.2 Å². The van der Waals surface area contributed by atoms with Crippen LogP contribution in [0, 0.1) is 23.7 Å². The Labute approximate surface area is 453 Å². The highest BCUT2D eigenvalue weighted by atomic mass is 15.1. The summed E-state index contributed by atoms with van der Waals surface area (Å²) < 4.78 is 0. The Bertz CT molecular complexity index is 3610. The van der Waals surface area contributed by atoms with Crippen LogP contribution in [-0.4, -0.2) is 0 Å². The molecule has 0 saturated carbocycles. The van der Waals surface area contributed by atoms with Gasteiger partial charge in [0.15, 0.2) is 0 Å².